The maximum absolute atomic E-state index is 4.76. The fourth-order valence-electron chi connectivity index (χ4n) is 1.77. The van der Waals surface area contributed by atoms with Gasteiger partial charge in [0.2, 0.25) is 0 Å². The Morgan fingerprint density at radius 2 is 1.95 bits per heavy atom. The van der Waals surface area contributed by atoms with Gasteiger partial charge in [0.1, 0.15) is 5.82 Å². The molecule has 3 nitrogen and oxygen atoms in total. The second kappa shape index (κ2) is 6.12. The Morgan fingerprint density at radius 1 is 1.25 bits per heavy atom. The summed E-state index contributed by atoms with van der Waals surface area (Å²) in [5.74, 6) is 1.62. The number of halogens is 2. The fourth-order valence-corrected chi connectivity index (χ4v) is 4.04. The molecule has 0 fully saturated rings. The van der Waals surface area contributed by atoms with Crippen molar-refractivity contribution in [1.29, 1.82) is 0 Å². The monoisotopic (exact) mass is 417 g/mol. The minimum Gasteiger partial charge on any atom is -0.369 e. The molecule has 20 heavy (non-hydrogen) atoms. The van der Waals surface area contributed by atoms with Gasteiger partial charge >= 0.3 is 0 Å². The third-order valence-electron chi connectivity index (χ3n) is 2.69. The van der Waals surface area contributed by atoms with Crippen LogP contribution in [0, 0.1) is 0 Å². The van der Waals surface area contributed by atoms with E-state index in [1.165, 1.54) is 0 Å². The number of anilines is 1. The number of nitrogens with zero attached hydrogens (tertiary/aromatic N) is 2. The van der Waals surface area contributed by atoms with E-state index in [1.54, 1.807) is 11.3 Å². The van der Waals surface area contributed by atoms with Gasteiger partial charge in [0.25, 0.3) is 0 Å². The number of aromatic nitrogens is 2. The molecule has 2 rings (SSSR count). The largest absolute Gasteiger partial charge is 0.369 e. The summed E-state index contributed by atoms with van der Waals surface area (Å²) in [6.07, 6.45) is 0. The molecule has 0 aliphatic heterocycles. The lowest BCUT2D eigenvalue weighted by atomic mass is 9.92. The van der Waals surface area contributed by atoms with Crippen LogP contribution in [0.5, 0.6) is 0 Å². The number of hydrogen-bond donors (Lipinski definition) is 1. The Bertz CT molecular complexity index is 617. The van der Waals surface area contributed by atoms with Crippen LogP contribution in [0.25, 0.3) is 10.7 Å². The molecule has 0 amide bonds. The number of nitrogens with one attached hydrogen (secondary N) is 1. The van der Waals surface area contributed by atoms with Crippen LogP contribution in [0.2, 0.25) is 0 Å². The summed E-state index contributed by atoms with van der Waals surface area (Å²) in [7, 11) is 0. The first-order valence-corrected chi connectivity index (χ1v) is 8.85. The first kappa shape index (κ1) is 15.9. The standard InChI is InChI=1S/C14H17Br2N3S/c1-5-17-13-10(16)11(14(2,3)4)18-12(19-13)9-6-8(15)7-20-9/h6-7H,5H2,1-4H3,(H,17,18,19). The van der Waals surface area contributed by atoms with E-state index in [-0.39, 0.29) is 5.41 Å². The van der Waals surface area contributed by atoms with Gasteiger partial charge in [0.05, 0.1) is 15.0 Å². The van der Waals surface area contributed by atoms with Gasteiger partial charge in [-0.15, -0.1) is 11.3 Å². The van der Waals surface area contributed by atoms with E-state index in [2.05, 4.69) is 75.9 Å². The third-order valence-corrected chi connectivity index (χ3v) is 5.13. The number of thiophene rings is 1. The average Bonchev–Trinajstić information content (AvgIpc) is 2.77. The average molecular weight is 419 g/mol. The Labute approximate surface area is 140 Å². The van der Waals surface area contributed by atoms with E-state index < -0.39 is 0 Å². The lowest BCUT2D eigenvalue weighted by Gasteiger charge is -2.21. The molecular weight excluding hydrogens is 402 g/mol. The third kappa shape index (κ3) is 3.40. The van der Waals surface area contributed by atoms with Crippen molar-refractivity contribution in [3.05, 3.63) is 26.1 Å². The zero-order valence-corrected chi connectivity index (χ0v) is 15.9. The van der Waals surface area contributed by atoms with Gasteiger partial charge in [-0.3, -0.25) is 0 Å². The predicted octanol–water partition coefficient (Wildman–Crippen LogP) is 5.46. The van der Waals surface area contributed by atoms with Gasteiger partial charge in [-0.2, -0.15) is 0 Å². The van der Waals surface area contributed by atoms with Crippen molar-refractivity contribution in [3.8, 4) is 10.7 Å². The van der Waals surface area contributed by atoms with E-state index in [0.29, 0.717) is 0 Å². The summed E-state index contributed by atoms with van der Waals surface area (Å²) in [6, 6.07) is 2.05. The molecule has 0 spiro atoms. The van der Waals surface area contributed by atoms with Crippen LogP contribution >= 0.6 is 43.2 Å². The summed E-state index contributed by atoms with van der Waals surface area (Å²) in [4.78, 5) is 10.5. The van der Waals surface area contributed by atoms with Gasteiger partial charge in [-0.25, -0.2) is 9.97 Å². The quantitative estimate of drug-likeness (QED) is 0.718. The molecular formula is C14H17Br2N3S. The lowest BCUT2D eigenvalue weighted by Crippen LogP contribution is -2.17. The SMILES string of the molecule is CCNc1nc(-c2cc(Br)cs2)nc(C(C)(C)C)c1Br. The molecule has 0 aliphatic carbocycles. The minimum absolute atomic E-state index is 0.0464. The molecule has 0 unspecified atom stereocenters. The van der Waals surface area contributed by atoms with Crippen molar-refractivity contribution in [2.24, 2.45) is 0 Å². The van der Waals surface area contributed by atoms with E-state index >= 15 is 0 Å². The van der Waals surface area contributed by atoms with Crippen LogP contribution in [0.15, 0.2) is 20.4 Å². The van der Waals surface area contributed by atoms with Crippen LogP contribution in [0.4, 0.5) is 5.82 Å². The smallest absolute Gasteiger partial charge is 0.171 e. The molecule has 0 atom stereocenters. The van der Waals surface area contributed by atoms with Gasteiger partial charge in [0, 0.05) is 21.8 Å². The summed E-state index contributed by atoms with van der Waals surface area (Å²) in [6.45, 7) is 9.36. The second-order valence-electron chi connectivity index (χ2n) is 5.47. The van der Waals surface area contributed by atoms with E-state index in [4.69, 9.17) is 4.98 Å². The highest BCUT2D eigenvalue weighted by molar-refractivity contribution is 9.11. The first-order valence-electron chi connectivity index (χ1n) is 6.39. The van der Waals surface area contributed by atoms with Crippen LogP contribution < -0.4 is 5.32 Å². The summed E-state index contributed by atoms with van der Waals surface area (Å²) < 4.78 is 2.01. The van der Waals surface area contributed by atoms with Gasteiger partial charge in [0.15, 0.2) is 5.82 Å². The number of rotatable bonds is 3. The normalized spacial score (nSPS) is 11.7. The molecule has 0 radical (unpaired) electrons. The highest BCUT2D eigenvalue weighted by atomic mass is 79.9. The van der Waals surface area contributed by atoms with Crippen LogP contribution in [-0.2, 0) is 5.41 Å². The molecule has 0 aromatic carbocycles. The molecule has 6 heteroatoms. The van der Waals surface area contributed by atoms with Crippen molar-refractivity contribution in [1.82, 2.24) is 9.97 Å². The zero-order chi connectivity index (χ0) is 14.9. The Kier molecular flexibility index (Phi) is 4.87. The van der Waals surface area contributed by atoms with Crippen LogP contribution in [0.3, 0.4) is 0 Å². The summed E-state index contributed by atoms with van der Waals surface area (Å²) >= 11 is 8.76. The van der Waals surface area contributed by atoms with Crippen molar-refractivity contribution < 1.29 is 0 Å². The van der Waals surface area contributed by atoms with Gasteiger partial charge in [-0.1, -0.05) is 20.8 Å². The van der Waals surface area contributed by atoms with Crippen molar-refractivity contribution in [2.45, 2.75) is 33.1 Å². The molecule has 2 aromatic rings. The highest BCUT2D eigenvalue weighted by Crippen LogP contribution is 2.36. The van der Waals surface area contributed by atoms with Crippen LogP contribution in [-0.4, -0.2) is 16.5 Å². The van der Waals surface area contributed by atoms with Crippen molar-refractivity contribution >= 4 is 49.0 Å². The molecule has 0 saturated carbocycles. The Morgan fingerprint density at radius 3 is 2.45 bits per heavy atom. The molecule has 2 aromatic heterocycles. The summed E-state index contributed by atoms with van der Waals surface area (Å²) in [5.41, 5.74) is 0.970. The van der Waals surface area contributed by atoms with Gasteiger partial charge < -0.3 is 5.32 Å². The van der Waals surface area contributed by atoms with Crippen molar-refractivity contribution in [3.63, 3.8) is 0 Å². The molecule has 2 heterocycles. The van der Waals surface area contributed by atoms with Crippen LogP contribution in [0.1, 0.15) is 33.4 Å². The highest BCUT2D eigenvalue weighted by Gasteiger charge is 2.23. The lowest BCUT2D eigenvalue weighted by molar-refractivity contribution is 0.564. The maximum Gasteiger partial charge on any atom is 0.171 e. The van der Waals surface area contributed by atoms with E-state index in [9.17, 15) is 0 Å². The summed E-state index contributed by atoms with van der Waals surface area (Å²) in [5, 5.41) is 5.35. The maximum atomic E-state index is 4.76. The van der Waals surface area contributed by atoms with Crippen molar-refractivity contribution in [2.75, 3.05) is 11.9 Å². The Balaban J connectivity index is 2.61. The molecule has 1 N–H and O–H groups in total. The predicted molar refractivity (Wildman–Crippen MR) is 93.6 cm³/mol. The second-order valence-corrected chi connectivity index (χ2v) is 8.09. The molecule has 108 valence electrons. The molecule has 0 bridgehead atoms. The minimum atomic E-state index is -0.0464. The Hall–Kier alpha value is -0.460. The first-order chi connectivity index (χ1) is 9.32. The van der Waals surface area contributed by atoms with E-state index in [0.717, 1.165) is 37.7 Å². The molecule has 0 aliphatic rings. The van der Waals surface area contributed by atoms with E-state index in [1.807, 2.05) is 5.38 Å². The number of hydrogen-bond acceptors (Lipinski definition) is 4. The fraction of sp³-hybridized carbons (Fsp3) is 0.429. The zero-order valence-electron chi connectivity index (χ0n) is 11.9. The topological polar surface area (TPSA) is 37.8 Å². The van der Waals surface area contributed by atoms with Gasteiger partial charge in [-0.05, 0) is 44.8 Å². The molecule has 0 saturated heterocycles.